The minimum atomic E-state index is -0.490. The molecule has 1 fully saturated rings. The summed E-state index contributed by atoms with van der Waals surface area (Å²) in [5.74, 6) is 0.998. The number of carbonyl (C=O) groups is 1. The van der Waals surface area contributed by atoms with Gasteiger partial charge in [-0.05, 0) is 33.1 Å². The lowest BCUT2D eigenvalue weighted by atomic mass is 10.1. The summed E-state index contributed by atoms with van der Waals surface area (Å²) in [5.41, 5.74) is -0.915. The first-order valence-electron chi connectivity index (χ1n) is 5.99. The van der Waals surface area contributed by atoms with Crippen molar-refractivity contribution in [1.29, 1.82) is 0 Å². The van der Waals surface area contributed by atoms with Gasteiger partial charge in [0.2, 0.25) is 0 Å². The fourth-order valence-corrected chi connectivity index (χ4v) is 2.05. The van der Waals surface area contributed by atoms with Crippen molar-refractivity contribution in [2.45, 2.75) is 51.7 Å². The minimum Gasteiger partial charge on any atom is -0.499 e. The molecule has 0 unspecified atom stereocenters. The maximum Gasteiger partial charge on any atom is 0.408 e. The summed E-state index contributed by atoms with van der Waals surface area (Å²) in [5, 5.41) is 2.89. The zero-order valence-corrected chi connectivity index (χ0v) is 11.4. The molecule has 0 saturated heterocycles. The Morgan fingerprint density at radius 3 is 2.47 bits per heavy atom. The van der Waals surface area contributed by atoms with Crippen LogP contribution < -0.4 is 5.32 Å². The second-order valence-electron chi connectivity index (χ2n) is 5.53. The predicted octanol–water partition coefficient (Wildman–Crippen LogP) is 2.84. The van der Waals surface area contributed by atoms with Crippen molar-refractivity contribution in [1.82, 2.24) is 5.32 Å². The quantitative estimate of drug-likeness (QED) is 0.770. The van der Waals surface area contributed by atoms with Gasteiger partial charge in [-0.25, -0.2) is 4.79 Å². The lowest BCUT2D eigenvalue weighted by Gasteiger charge is -2.25. The second kappa shape index (κ2) is 4.59. The summed E-state index contributed by atoms with van der Waals surface area (Å²) in [6, 6.07) is 0. The molecule has 4 nitrogen and oxygen atoms in total. The third kappa shape index (κ3) is 3.14. The predicted molar refractivity (Wildman–Crippen MR) is 66.6 cm³/mol. The molecule has 2 atom stereocenters. The molecule has 0 heterocycles. The van der Waals surface area contributed by atoms with Crippen LogP contribution >= 0.6 is 0 Å². The van der Waals surface area contributed by atoms with Crippen molar-refractivity contribution in [3.8, 4) is 0 Å². The Balaban J connectivity index is 2.64. The number of carbonyl (C=O) groups excluding carboxylic acids is 1. The zero-order chi connectivity index (χ0) is 13.3. The lowest BCUT2D eigenvalue weighted by Crippen LogP contribution is -2.43. The number of nitrogens with one attached hydrogen (secondary N) is 1. The highest BCUT2D eigenvalue weighted by Gasteiger charge is 2.58. The molecule has 4 heteroatoms. The normalized spacial score (nSPS) is 27.2. The summed E-state index contributed by atoms with van der Waals surface area (Å²) in [7, 11) is 1.58. The molecule has 17 heavy (non-hydrogen) atoms. The van der Waals surface area contributed by atoms with Gasteiger partial charge < -0.3 is 14.8 Å². The van der Waals surface area contributed by atoms with Gasteiger partial charge >= 0.3 is 6.09 Å². The van der Waals surface area contributed by atoms with Crippen molar-refractivity contribution in [2.75, 3.05) is 7.11 Å². The van der Waals surface area contributed by atoms with Crippen LogP contribution in [-0.4, -0.2) is 24.3 Å². The largest absolute Gasteiger partial charge is 0.499 e. The molecule has 0 spiro atoms. The van der Waals surface area contributed by atoms with Crippen LogP contribution in [-0.2, 0) is 9.47 Å². The van der Waals surface area contributed by atoms with Crippen LogP contribution in [0.15, 0.2) is 12.3 Å². The number of alkyl carbamates (subject to hydrolysis) is 1. The molecule has 0 aliphatic heterocycles. The van der Waals surface area contributed by atoms with Crippen molar-refractivity contribution in [3.63, 3.8) is 0 Å². The first kappa shape index (κ1) is 13.9. The number of rotatable bonds is 4. The van der Waals surface area contributed by atoms with E-state index in [0.717, 1.165) is 12.8 Å². The first-order valence-corrected chi connectivity index (χ1v) is 5.99. The van der Waals surface area contributed by atoms with E-state index < -0.39 is 17.2 Å². The molecule has 98 valence electrons. The summed E-state index contributed by atoms with van der Waals surface area (Å²) < 4.78 is 10.4. The Morgan fingerprint density at radius 2 is 2.12 bits per heavy atom. The molecule has 0 bridgehead atoms. The topological polar surface area (TPSA) is 47.6 Å². The van der Waals surface area contributed by atoms with Gasteiger partial charge in [0.15, 0.2) is 0 Å². The van der Waals surface area contributed by atoms with Gasteiger partial charge in [-0.2, -0.15) is 0 Å². The highest BCUT2D eigenvalue weighted by atomic mass is 16.6. The van der Waals surface area contributed by atoms with E-state index in [-0.39, 0.29) is 0 Å². The van der Waals surface area contributed by atoms with Gasteiger partial charge in [-0.1, -0.05) is 19.9 Å². The zero-order valence-electron chi connectivity index (χ0n) is 11.4. The van der Waals surface area contributed by atoms with E-state index in [1.165, 1.54) is 0 Å². The Bertz CT molecular complexity index is 319. The fourth-order valence-electron chi connectivity index (χ4n) is 2.05. The molecule has 0 aromatic rings. The van der Waals surface area contributed by atoms with Crippen LogP contribution in [0, 0.1) is 5.92 Å². The van der Waals surface area contributed by atoms with E-state index >= 15 is 0 Å². The van der Waals surface area contributed by atoms with Crippen LogP contribution in [0.4, 0.5) is 4.79 Å². The molecule has 0 aromatic heterocycles. The standard InChI is InChI=1S/C13H23NO3/c1-7-10-8-13(10,9(2)16-6)14-11(15)17-12(3,4)5/h10H,2,7-8H2,1,3-6H3,(H,14,15)/t10-,13+/m1/s1. The smallest absolute Gasteiger partial charge is 0.408 e. The molecule has 1 saturated carbocycles. The van der Waals surface area contributed by atoms with E-state index in [4.69, 9.17) is 9.47 Å². The number of hydrogen-bond acceptors (Lipinski definition) is 3. The van der Waals surface area contributed by atoms with Gasteiger partial charge in [-0.15, -0.1) is 0 Å². The Kier molecular flexibility index (Phi) is 3.74. The SMILES string of the molecule is C=C(OC)[C@@]1(NC(=O)OC(C)(C)C)C[C@H]1CC. The maximum atomic E-state index is 11.8. The van der Waals surface area contributed by atoms with Crippen molar-refractivity contribution >= 4 is 6.09 Å². The van der Waals surface area contributed by atoms with Crippen LogP contribution in [0.3, 0.4) is 0 Å². The Labute approximate surface area is 103 Å². The Hall–Kier alpha value is -1.19. The minimum absolute atomic E-state index is 0.391. The molecule has 1 rings (SSSR count). The van der Waals surface area contributed by atoms with Crippen LogP contribution in [0.5, 0.6) is 0 Å². The van der Waals surface area contributed by atoms with Gasteiger partial charge in [0, 0.05) is 0 Å². The van der Waals surface area contributed by atoms with Gasteiger partial charge in [0.1, 0.15) is 16.9 Å². The monoisotopic (exact) mass is 241 g/mol. The number of amides is 1. The lowest BCUT2D eigenvalue weighted by molar-refractivity contribution is 0.0482. The number of ether oxygens (including phenoxy) is 2. The van der Waals surface area contributed by atoms with E-state index in [1.807, 2.05) is 20.8 Å². The molecule has 1 N–H and O–H groups in total. The van der Waals surface area contributed by atoms with E-state index in [9.17, 15) is 4.79 Å². The molecule has 1 aliphatic carbocycles. The third-order valence-electron chi connectivity index (χ3n) is 3.07. The number of methoxy groups -OCH3 is 1. The average molecular weight is 241 g/mol. The highest BCUT2D eigenvalue weighted by molar-refractivity contribution is 5.70. The molecule has 0 aromatic carbocycles. The number of hydrogen-bond donors (Lipinski definition) is 1. The van der Waals surface area contributed by atoms with Crippen molar-refractivity contribution in [2.24, 2.45) is 5.92 Å². The first-order chi connectivity index (χ1) is 7.75. The maximum absolute atomic E-state index is 11.8. The van der Waals surface area contributed by atoms with Crippen LogP contribution in [0.2, 0.25) is 0 Å². The molecular weight excluding hydrogens is 218 g/mol. The van der Waals surface area contributed by atoms with E-state index in [1.54, 1.807) is 7.11 Å². The van der Waals surface area contributed by atoms with E-state index in [2.05, 4.69) is 18.8 Å². The van der Waals surface area contributed by atoms with Crippen LogP contribution in [0.25, 0.3) is 0 Å². The van der Waals surface area contributed by atoms with E-state index in [0.29, 0.717) is 11.7 Å². The Morgan fingerprint density at radius 1 is 1.53 bits per heavy atom. The van der Waals surface area contributed by atoms with Crippen molar-refractivity contribution in [3.05, 3.63) is 12.3 Å². The van der Waals surface area contributed by atoms with Gasteiger partial charge in [0.05, 0.1) is 7.11 Å². The summed E-state index contributed by atoms with van der Waals surface area (Å²) >= 11 is 0. The third-order valence-corrected chi connectivity index (χ3v) is 3.07. The fraction of sp³-hybridized carbons (Fsp3) is 0.769. The summed E-state index contributed by atoms with van der Waals surface area (Å²) in [6.45, 7) is 11.5. The summed E-state index contributed by atoms with van der Waals surface area (Å²) in [6.07, 6.45) is 1.44. The molecule has 0 radical (unpaired) electrons. The van der Waals surface area contributed by atoms with Gasteiger partial charge in [-0.3, -0.25) is 0 Å². The van der Waals surface area contributed by atoms with Crippen LogP contribution in [0.1, 0.15) is 40.5 Å². The van der Waals surface area contributed by atoms with Crippen molar-refractivity contribution < 1.29 is 14.3 Å². The molecule has 1 amide bonds. The average Bonchev–Trinajstić information content (AvgIpc) is 2.88. The highest BCUT2D eigenvalue weighted by Crippen LogP contribution is 2.50. The molecular formula is C13H23NO3. The molecule has 1 aliphatic rings. The second-order valence-corrected chi connectivity index (χ2v) is 5.53. The summed E-state index contributed by atoms with van der Waals surface area (Å²) in [4.78, 5) is 11.8. The van der Waals surface area contributed by atoms with Gasteiger partial charge in [0.25, 0.3) is 0 Å².